The van der Waals surface area contributed by atoms with Gasteiger partial charge in [0.15, 0.2) is 5.82 Å². The molecule has 2 aliphatic rings. The van der Waals surface area contributed by atoms with Gasteiger partial charge in [0.25, 0.3) is 5.95 Å². The summed E-state index contributed by atoms with van der Waals surface area (Å²) in [5, 5.41) is 16.7. The lowest BCUT2D eigenvalue weighted by Gasteiger charge is -2.12. The van der Waals surface area contributed by atoms with E-state index < -0.39 is 0 Å². The summed E-state index contributed by atoms with van der Waals surface area (Å²) in [6.07, 6.45) is 19.3. The van der Waals surface area contributed by atoms with Gasteiger partial charge >= 0.3 is 0 Å². The van der Waals surface area contributed by atoms with Crippen LogP contribution >= 0.6 is 0 Å². The van der Waals surface area contributed by atoms with Crippen LogP contribution in [0.2, 0.25) is 0 Å². The molecule has 7 nitrogen and oxygen atoms in total. The van der Waals surface area contributed by atoms with Crippen LogP contribution in [0, 0.1) is 18.8 Å². The maximum atomic E-state index is 4.39. The highest BCUT2D eigenvalue weighted by atomic mass is 15.4. The molecule has 0 bridgehead atoms. The fourth-order valence-corrected chi connectivity index (χ4v) is 2.84. The molecule has 25 heavy (non-hydrogen) atoms. The molecule has 2 atom stereocenters. The molecule has 0 fully saturated rings. The van der Waals surface area contributed by atoms with Crippen molar-refractivity contribution in [2.75, 3.05) is 10.9 Å². The number of nitrogens with one attached hydrogen (secondary N) is 2. The smallest absolute Gasteiger partial charge is 0.260 e. The molecule has 0 unspecified atom stereocenters. The second-order valence-electron chi connectivity index (χ2n) is 6.44. The first-order chi connectivity index (χ1) is 12.3. The van der Waals surface area contributed by atoms with Crippen molar-refractivity contribution in [3.05, 3.63) is 30.0 Å². The van der Waals surface area contributed by atoms with Crippen molar-refractivity contribution in [3.8, 4) is 0 Å². The van der Waals surface area contributed by atoms with Gasteiger partial charge in [-0.15, -0.1) is 10.2 Å². The van der Waals surface area contributed by atoms with Crippen LogP contribution < -0.4 is 10.9 Å². The fourth-order valence-electron chi connectivity index (χ4n) is 2.84. The molecule has 2 aliphatic carbocycles. The van der Waals surface area contributed by atoms with E-state index in [0.717, 1.165) is 38.5 Å². The van der Waals surface area contributed by atoms with Crippen LogP contribution in [0.3, 0.4) is 0 Å². The molecule has 0 spiro atoms. The predicted octanol–water partition coefficient (Wildman–Crippen LogP) is 3.69. The lowest BCUT2D eigenvalue weighted by Crippen LogP contribution is -2.09. The van der Waals surface area contributed by atoms with Crippen molar-refractivity contribution in [2.24, 2.45) is 22.0 Å². The van der Waals surface area contributed by atoms with Crippen LogP contribution in [0.5, 0.6) is 0 Å². The summed E-state index contributed by atoms with van der Waals surface area (Å²) in [5.74, 6) is 1.92. The van der Waals surface area contributed by atoms with Crippen molar-refractivity contribution < 1.29 is 0 Å². The van der Waals surface area contributed by atoms with E-state index in [4.69, 9.17) is 0 Å². The largest absolute Gasteiger partial charge is 0.265 e. The average molecular weight is 339 g/mol. The first-order valence-electron chi connectivity index (χ1n) is 8.91. The van der Waals surface area contributed by atoms with E-state index in [1.54, 1.807) is 0 Å². The zero-order chi connectivity index (χ0) is 17.3. The van der Waals surface area contributed by atoms with E-state index in [1.807, 2.05) is 19.4 Å². The van der Waals surface area contributed by atoms with Crippen molar-refractivity contribution in [1.82, 2.24) is 15.2 Å². The Balaban J connectivity index is 1.54. The molecule has 1 aromatic rings. The van der Waals surface area contributed by atoms with Gasteiger partial charge in [-0.25, -0.2) is 5.43 Å². The number of aryl methyl sites for hydroxylation is 1. The number of hydrogen-bond donors (Lipinski definition) is 2. The maximum absolute atomic E-state index is 4.39. The summed E-state index contributed by atoms with van der Waals surface area (Å²) < 4.78 is 0. The molecular weight excluding hydrogens is 314 g/mol. The molecule has 7 heteroatoms. The van der Waals surface area contributed by atoms with Crippen LogP contribution in [0.1, 0.15) is 44.2 Å². The Morgan fingerprint density at radius 3 is 2.16 bits per heavy atom. The normalized spacial score (nSPS) is 23.4. The van der Waals surface area contributed by atoms with Gasteiger partial charge in [-0.05, 0) is 57.3 Å². The summed E-state index contributed by atoms with van der Waals surface area (Å²) in [5.41, 5.74) is 6.53. The van der Waals surface area contributed by atoms with Crippen molar-refractivity contribution in [1.29, 1.82) is 0 Å². The number of aromatic nitrogens is 3. The molecule has 0 saturated heterocycles. The average Bonchev–Trinajstić information content (AvgIpc) is 2.66. The van der Waals surface area contributed by atoms with E-state index in [0.29, 0.717) is 29.3 Å². The summed E-state index contributed by atoms with van der Waals surface area (Å²) in [6, 6.07) is 0. The van der Waals surface area contributed by atoms with E-state index in [-0.39, 0.29) is 0 Å². The van der Waals surface area contributed by atoms with Crippen LogP contribution in [0.15, 0.2) is 34.5 Å². The number of rotatable bonds is 6. The van der Waals surface area contributed by atoms with Crippen molar-refractivity contribution >= 4 is 24.2 Å². The first kappa shape index (κ1) is 17.3. The Kier molecular flexibility index (Phi) is 6.25. The molecule has 0 radical (unpaired) electrons. The third kappa shape index (κ3) is 5.48. The minimum atomic E-state index is 0.367. The molecule has 1 heterocycles. The Morgan fingerprint density at radius 1 is 0.920 bits per heavy atom. The van der Waals surface area contributed by atoms with Gasteiger partial charge in [0, 0.05) is 12.4 Å². The molecule has 0 amide bonds. The zero-order valence-electron chi connectivity index (χ0n) is 14.6. The highest BCUT2D eigenvalue weighted by Gasteiger charge is 2.08. The second-order valence-corrected chi connectivity index (χ2v) is 6.44. The van der Waals surface area contributed by atoms with Gasteiger partial charge < -0.3 is 0 Å². The number of hydrogen-bond acceptors (Lipinski definition) is 7. The summed E-state index contributed by atoms with van der Waals surface area (Å²) in [4.78, 5) is 4.39. The van der Waals surface area contributed by atoms with Gasteiger partial charge in [-0.3, -0.25) is 5.43 Å². The second kappa shape index (κ2) is 9.05. The number of allylic oxidation sites excluding steroid dienone is 4. The van der Waals surface area contributed by atoms with E-state index in [9.17, 15) is 0 Å². The van der Waals surface area contributed by atoms with Gasteiger partial charge in [0.2, 0.25) is 0 Å². The maximum Gasteiger partial charge on any atom is 0.265 e. The molecule has 3 rings (SSSR count). The number of nitrogens with zero attached hydrogens (tertiary/aromatic N) is 5. The molecular formula is C18H25N7. The SMILES string of the molecule is Cc1nnc(N/N=C\[C@H]2CC=CCC2)nc1N/N=C\[C@@H]1CC=CCC1. The summed E-state index contributed by atoms with van der Waals surface area (Å²) in [7, 11) is 0. The highest BCUT2D eigenvalue weighted by molar-refractivity contribution is 5.63. The molecule has 0 aromatic carbocycles. The first-order valence-corrected chi connectivity index (χ1v) is 8.91. The lowest BCUT2D eigenvalue weighted by molar-refractivity contribution is 0.626. The van der Waals surface area contributed by atoms with Crippen molar-refractivity contribution in [3.63, 3.8) is 0 Å². The molecule has 0 saturated carbocycles. The lowest BCUT2D eigenvalue weighted by atomic mass is 9.96. The minimum Gasteiger partial charge on any atom is -0.260 e. The van der Waals surface area contributed by atoms with E-state index >= 15 is 0 Å². The summed E-state index contributed by atoms with van der Waals surface area (Å²) >= 11 is 0. The molecule has 0 aliphatic heterocycles. The van der Waals surface area contributed by atoms with E-state index in [1.165, 1.54) is 0 Å². The van der Waals surface area contributed by atoms with E-state index in [2.05, 4.69) is 60.5 Å². The van der Waals surface area contributed by atoms with Gasteiger partial charge in [-0.1, -0.05) is 24.3 Å². The third-order valence-corrected chi connectivity index (χ3v) is 4.38. The molecule has 1 aromatic heterocycles. The highest BCUT2D eigenvalue weighted by Crippen LogP contribution is 2.17. The monoisotopic (exact) mass is 339 g/mol. The number of hydrazone groups is 2. The van der Waals surface area contributed by atoms with Crippen molar-refractivity contribution in [2.45, 2.75) is 45.4 Å². The Bertz CT molecular complexity index is 678. The van der Waals surface area contributed by atoms with Crippen LogP contribution in [0.4, 0.5) is 11.8 Å². The molecule has 132 valence electrons. The van der Waals surface area contributed by atoms with Gasteiger partial charge in [0.05, 0.1) is 0 Å². The number of anilines is 2. The Morgan fingerprint density at radius 2 is 1.56 bits per heavy atom. The topological polar surface area (TPSA) is 87.5 Å². The minimum absolute atomic E-state index is 0.367. The van der Waals surface area contributed by atoms with Crippen LogP contribution in [0.25, 0.3) is 0 Å². The van der Waals surface area contributed by atoms with Gasteiger partial charge in [-0.2, -0.15) is 15.2 Å². The van der Waals surface area contributed by atoms with Crippen LogP contribution in [-0.4, -0.2) is 27.6 Å². The fraction of sp³-hybridized carbons (Fsp3) is 0.500. The standard InChI is InChI=1S/C18H25N7/c1-14-17(23-19-12-15-8-4-2-5-9-15)21-18(25-22-14)24-20-13-16-10-6-3-7-11-16/h2-4,6,12-13,15-16H,5,7-11H2,1H3,(H2,21,23,24,25)/b19-12-,20-13-/t15-,16+/m1/s1. The summed E-state index contributed by atoms with van der Waals surface area (Å²) in [6.45, 7) is 1.85. The van der Waals surface area contributed by atoms with Gasteiger partial charge in [0.1, 0.15) is 5.69 Å². The van der Waals surface area contributed by atoms with Crippen LogP contribution in [-0.2, 0) is 0 Å². The quantitative estimate of drug-likeness (QED) is 0.469. The zero-order valence-corrected chi connectivity index (χ0v) is 14.6. The Hall–Kier alpha value is -2.57. The predicted molar refractivity (Wildman–Crippen MR) is 102 cm³/mol. The third-order valence-electron chi connectivity index (χ3n) is 4.38. The molecule has 2 N–H and O–H groups in total. The Labute approximate surface area is 148 Å².